The zero-order valence-electron chi connectivity index (χ0n) is 9.04. The second-order valence-corrected chi connectivity index (χ2v) is 3.57. The van der Waals surface area contributed by atoms with Gasteiger partial charge < -0.3 is 16.1 Å². The maximum atomic E-state index is 9.21. The van der Waals surface area contributed by atoms with E-state index >= 15 is 0 Å². The molecule has 4 N–H and O–H groups in total. The van der Waals surface area contributed by atoms with Gasteiger partial charge in [0.2, 0.25) is 0 Å². The summed E-state index contributed by atoms with van der Waals surface area (Å²) in [6.45, 7) is 0. The Labute approximate surface area is 98.6 Å². The molecule has 0 amide bonds. The van der Waals surface area contributed by atoms with Gasteiger partial charge in [0, 0.05) is 11.1 Å². The molecule has 17 heavy (non-hydrogen) atoms. The van der Waals surface area contributed by atoms with E-state index in [0.717, 1.165) is 11.1 Å². The van der Waals surface area contributed by atoms with Crippen molar-refractivity contribution in [3.63, 3.8) is 0 Å². The summed E-state index contributed by atoms with van der Waals surface area (Å²) in [7, 11) is 0. The van der Waals surface area contributed by atoms with Crippen LogP contribution in [0.2, 0.25) is 0 Å². The molecule has 2 rings (SSSR count). The van der Waals surface area contributed by atoms with Crippen LogP contribution < -0.4 is 5.84 Å². The first kappa shape index (κ1) is 11.0. The second-order valence-electron chi connectivity index (χ2n) is 3.57. The maximum absolute atomic E-state index is 9.21. The molecule has 2 aromatic rings. The molecule has 0 radical (unpaired) electrons. The predicted octanol–water partition coefficient (Wildman–Crippen LogP) is 1.81. The first-order chi connectivity index (χ1) is 8.20. The van der Waals surface area contributed by atoms with Gasteiger partial charge in [-0.25, -0.2) is 0 Å². The second kappa shape index (κ2) is 4.57. The fraction of sp³-hybridized carbons (Fsp3) is 0. The number of phenols is 2. The van der Waals surface area contributed by atoms with E-state index in [9.17, 15) is 10.2 Å². The molecule has 4 nitrogen and oxygen atoms in total. The molecule has 2 aromatic carbocycles. The molecular formula is C13H12N2O2. The van der Waals surface area contributed by atoms with Gasteiger partial charge >= 0.3 is 0 Å². The predicted molar refractivity (Wildman–Crippen MR) is 66.0 cm³/mol. The molecule has 0 heterocycles. The number of phenolic OH excluding ortho intramolecular Hbond substituents is 2. The van der Waals surface area contributed by atoms with Gasteiger partial charge in [0.25, 0.3) is 0 Å². The van der Waals surface area contributed by atoms with Gasteiger partial charge in [-0.1, -0.05) is 0 Å². The van der Waals surface area contributed by atoms with Crippen molar-refractivity contribution in [2.45, 2.75) is 0 Å². The number of hydrazone groups is 1. The summed E-state index contributed by atoms with van der Waals surface area (Å²) in [5.74, 6) is 5.76. The van der Waals surface area contributed by atoms with Crippen molar-refractivity contribution in [2.24, 2.45) is 10.9 Å². The summed E-state index contributed by atoms with van der Waals surface area (Å²) in [5, 5.41) is 22.2. The number of rotatable bonds is 2. The van der Waals surface area contributed by atoms with E-state index in [0.29, 0.717) is 5.71 Å². The lowest BCUT2D eigenvalue weighted by molar-refractivity contribution is 0.475. The van der Waals surface area contributed by atoms with Crippen LogP contribution in [0.4, 0.5) is 0 Å². The van der Waals surface area contributed by atoms with Gasteiger partial charge in [0.15, 0.2) is 0 Å². The summed E-state index contributed by atoms with van der Waals surface area (Å²) in [5.41, 5.74) is 2.21. The third kappa shape index (κ3) is 2.36. The quantitative estimate of drug-likeness (QED) is 0.416. The van der Waals surface area contributed by atoms with Gasteiger partial charge in [-0.15, -0.1) is 0 Å². The minimum atomic E-state index is 0.191. The van der Waals surface area contributed by atoms with Gasteiger partial charge in [-0.3, -0.25) is 0 Å². The fourth-order valence-corrected chi connectivity index (χ4v) is 1.55. The highest BCUT2D eigenvalue weighted by Gasteiger charge is 2.06. The van der Waals surface area contributed by atoms with E-state index < -0.39 is 0 Å². The van der Waals surface area contributed by atoms with E-state index in [1.54, 1.807) is 48.5 Å². The number of benzene rings is 2. The third-order valence-corrected chi connectivity index (χ3v) is 2.41. The highest BCUT2D eigenvalue weighted by Crippen LogP contribution is 2.16. The summed E-state index contributed by atoms with van der Waals surface area (Å²) in [6.07, 6.45) is 0. The van der Waals surface area contributed by atoms with Gasteiger partial charge in [-0.2, -0.15) is 5.10 Å². The molecular weight excluding hydrogens is 216 g/mol. The monoisotopic (exact) mass is 228 g/mol. The van der Waals surface area contributed by atoms with Gasteiger partial charge in [0.1, 0.15) is 11.5 Å². The van der Waals surface area contributed by atoms with Crippen LogP contribution in [0, 0.1) is 0 Å². The summed E-state index contributed by atoms with van der Waals surface area (Å²) >= 11 is 0. The van der Waals surface area contributed by atoms with Crippen molar-refractivity contribution in [1.82, 2.24) is 0 Å². The van der Waals surface area contributed by atoms with Crippen molar-refractivity contribution >= 4 is 5.71 Å². The number of nitrogens with zero attached hydrogens (tertiary/aromatic N) is 1. The number of hydrogen-bond donors (Lipinski definition) is 3. The van der Waals surface area contributed by atoms with Crippen LogP contribution >= 0.6 is 0 Å². The SMILES string of the molecule is NN=C(c1ccc(O)cc1)c1ccc(O)cc1. The van der Waals surface area contributed by atoms with E-state index in [-0.39, 0.29) is 11.5 Å². The maximum Gasteiger partial charge on any atom is 0.115 e. The van der Waals surface area contributed by atoms with Crippen molar-refractivity contribution < 1.29 is 10.2 Å². The smallest absolute Gasteiger partial charge is 0.115 e. The molecule has 0 aromatic heterocycles. The average molecular weight is 228 g/mol. The Morgan fingerprint density at radius 1 is 0.765 bits per heavy atom. The molecule has 0 aliphatic heterocycles. The highest BCUT2D eigenvalue weighted by atomic mass is 16.3. The van der Waals surface area contributed by atoms with Crippen LogP contribution in [0.3, 0.4) is 0 Å². The Hall–Kier alpha value is -2.49. The van der Waals surface area contributed by atoms with Crippen molar-refractivity contribution in [3.8, 4) is 11.5 Å². The van der Waals surface area contributed by atoms with E-state index in [2.05, 4.69) is 5.10 Å². The Kier molecular flexibility index (Phi) is 2.96. The minimum Gasteiger partial charge on any atom is -0.508 e. The van der Waals surface area contributed by atoms with Gasteiger partial charge in [0.05, 0.1) is 5.71 Å². The first-order valence-electron chi connectivity index (χ1n) is 5.07. The molecule has 0 aliphatic rings. The van der Waals surface area contributed by atoms with Gasteiger partial charge in [-0.05, 0) is 48.5 Å². The van der Waals surface area contributed by atoms with Crippen LogP contribution in [0.25, 0.3) is 0 Å². The average Bonchev–Trinajstić information content (AvgIpc) is 2.35. The number of aromatic hydroxyl groups is 2. The third-order valence-electron chi connectivity index (χ3n) is 2.41. The Balaban J connectivity index is 2.41. The molecule has 86 valence electrons. The molecule has 0 saturated heterocycles. The summed E-state index contributed by atoms with van der Waals surface area (Å²) in [4.78, 5) is 0. The van der Waals surface area contributed by atoms with Crippen molar-refractivity contribution in [3.05, 3.63) is 59.7 Å². The molecule has 0 spiro atoms. The number of hydrogen-bond acceptors (Lipinski definition) is 4. The fourth-order valence-electron chi connectivity index (χ4n) is 1.55. The largest absolute Gasteiger partial charge is 0.508 e. The lowest BCUT2D eigenvalue weighted by atomic mass is 10.0. The van der Waals surface area contributed by atoms with Crippen LogP contribution in [0.5, 0.6) is 11.5 Å². The standard InChI is InChI=1S/C13H12N2O2/c14-15-13(9-1-5-11(16)6-2-9)10-3-7-12(17)8-4-10/h1-8,16-17H,14H2. The Morgan fingerprint density at radius 3 is 1.41 bits per heavy atom. The van der Waals surface area contributed by atoms with Crippen molar-refractivity contribution in [1.29, 1.82) is 0 Å². The van der Waals surface area contributed by atoms with E-state index in [1.165, 1.54) is 0 Å². The van der Waals surface area contributed by atoms with Crippen LogP contribution in [-0.2, 0) is 0 Å². The zero-order chi connectivity index (χ0) is 12.3. The normalized spacial score (nSPS) is 9.88. The van der Waals surface area contributed by atoms with E-state index in [4.69, 9.17) is 5.84 Å². The molecule has 0 saturated carbocycles. The topological polar surface area (TPSA) is 78.8 Å². The number of nitrogens with two attached hydrogens (primary N) is 1. The molecule has 0 aliphatic carbocycles. The van der Waals surface area contributed by atoms with Crippen LogP contribution in [-0.4, -0.2) is 15.9 Å². The minimum absolute atomic E-state index is 0.191. The lowest BCUT2D eigenvalue weighted by Gasteiger charge is -2.06. The highest BCUT2D eigenvalue weighted by molar-refractivity contribution is 6.12. The molecule has 0 fully saturated rings. The Morgan fingerprint density at radius 2 is 1.12 bits per heavy atom. The lowest BCUT2D eigenvalue weighted by Crippen LogP contribution is -2.05. The molecule has 4 heteroatoms. The summed E-state index contributed by atoms with van der Waals surface area (Å²) < 4.78 is 0. The zero-order valence-corrected chi connectivity index (χ0v) is 9.04. The Bertz CT molecular complexity index is 483. The summed E-state index contributed by atoms with van der Waals surface area (Å²) in [6, 6.07) is 13.2. The van der Waals surface area contributed by atoms with E-state index in [1.807, 2.05) is 0 Å². The van der Waals surface area contributed by atoms with Crippen LogP contribution in [0.1, 0.15) is 11.1 Å². The molecule has 0 bridgehead atoms. The van der Waals surface area contributed by atoms with Crippen molar-refractivity contribution in [2.75, 3.05) is 0 Å². The molecule has 0 unspecified atom stereocenters. The van der Waals surface area contributed by atoms with Crippen LogP contribution in [0.15, 0.2) is 53.6 Å². The molecule has 0 atom stereocenters. The first-order valence-corrected chi connectivity index (χ1v) is 5.07.